The quantitative estimate of drug-likeness (QED) is 0.408. The molecule has 0 aliphatic rings. The second-order valence-corrected chi connectivity index (χ2v) is 8.35. The van der Waals surface area contributed by atoms with E-state index in [2.05, 4.69) is 4.99 Å². The Balaban J connectivity index is 1.77. The van der Waals surface area contributed by atoms with Gasteiger partial charge in [-0.3, -0.25) is 4.79 Å². The Morgan fingerprint density at radius 1 is 1.10 bits per heavy atom. The zero-order valence-corrected chi connectivity index (χ0v) is 18.0. The van der Waals surface area contributed by atoms with Crippen LogP contribution in [0, 0.1) is 0 Å². The van der Waals surface area contributed by atoms with E-state index in [9.17, 15) is 4.79 Å². The number of fused-ring (bicyclic) bond motifs is 2. The number of methoxy groups -OCH3 is 1. The van der Waals surface area contributed by atoms with Crippen molar-refractivity contribution in [2.45, 2.75) is 13.0 Å². The van der Waals surface area contributed by atoms with E-state index in [1.165, 1.54) is 11.3 Å². The fourth-order valence-electron chi connectivity index (χ4n) is 3.33. The summed E-state index contributed by atoms with van der Waals surface area (Å²) in [6.07, 6.45) is 0.231. The minimum absolute atomic E-state index is 0.207. The van der Waals surface area contributed by atoms with Crippen molar-refractivity contribution in [3.05, 3.63) is 75.0 Å². The zero-order chi connectivity index (χ0) is 20.4. The van der Waals surface area contributed by atoms with Crippen molar-refractivity contribution < 1.29 is 9.53 Å². The number of halogens is 2. The largest absolute Gasteiger partial charge is 0.383 e. The molecule has 0 aliphatic carbocycles. The van der Waals surface area contributed by atoms with Gasteiger partial charge in [-0.05, 0) is 28.5 Å². The van der Waals surface area contributed by atoms with Gasteiger partial charge < -0.3 is 9.30 Å². The number of nitrogens with zero attached hydrogens (tertiary/aromatic N) is 2. The summed E-state index contributed by atoms with van der Waals surface area (Å²) < 4.78 is 8.04. The molecule has 0 spiro atoms. The van der Waals surface area contributed by atoms with E-state index in [0.29, 0.717) is 28.0 Å². The minimum atomic E-state index is -0.207. The summed E-state index contributed by atoms with van der Waals surface area (Å²) in [6, 6.07) is 17.6. The van der Waals surface area contributed by atoms with Crippen molar-refractivity contribution in [2.24, 2.45) is 4.99 Å². The minimum Gasteiger partial charge on any atom is -0.383 e. The molecule has 0 N–H and O–H groups in total. The van der Waals surface area contributed by atoms with Crippen molar-refractivity contribution in [2.75, 3.05) is 13.7 Å². The van der Waals surface area contributed by atoms with Gasteiger partial charge in [-0.15, -0.1) is 0 Å². The summed E-state index contributed by atoms with van der Waals surface area (Å²) in [7, 11) is 1.63. The van der Waals surface area contributed by atoms with Gasteiger partial charge in [0.05, 0.1) is 33.3 Å². The summed E-state index contributed by atoms with van der Waals surface area (Å²) in [4.78, 5) is 17.8. The van der Waals surface area contributed by atoms with Crippen molar-refractivity contribution in [3.8, 4) is 0 Å². The lowest BCUT2D eigenvalue weighted by molar-refractivity contribution is -0.117. The number of carbonyl (C=O) groups is 1. The third-order valence-electron chi connectivity index (χ3n) is 4.70. The first-order valence-electron chi connectivity index (χ1n) is 9.09. The van der Waals surface area contributed by atoms with Crippen LogP contribution in [0.2, 0.25) is 10.0 Å². The van der Waals surface area contributed by atoms with Gasteiger partial charge in [-0.1, -0.05) is 77.0 Å². The monoisotopic (exact) mass is 444 g/mol. The fraction of sp³-hybridized carbons (Fsp3) is 0.182. The number of benzene rings is 3. The molecule has 1 heterocycles. The maximum atomic E-state index is 12.8. The van der Waals surface area contributed by atoms with Crippen LogP contribution in [0.1, 0.15) is 5.56 Å². The Morgan fingerprint density at radius 3 is 2.72 bits per heavy atom. The SMILES string of the molecule is COCCn1c(=NC(=O)Cc2cccc3ccccc23)sc2ccc(Cl)c(Cl)c21. The van der Waals surface area contributed by atoms with Crippen LogP contribution in [0.5, 0.6) is 0 Å². The van der Waals surface area contributed by atoms with Crippen molar-refractivity contribution in [1.82, 2.24) is 4.57 Å². The molecule has 4 nitrogen and oxygen atoms in total. The highest BCUT2D eigenvalue weighted by Crippen LogP contribution is 2.32. The van der Waals surface area contributed by atoms with Crippen LogP contribution < -0.4 is 4.80 Å². The molecule has 0 unspecified atom stereocenters. The van der Waals surface area contributed by atoms with Crippen LogP contribution in [-0.4, -0.2) is 24.2 Å². The number of hydrogen-bond donors (Lipinski definition) is 0. The van der Waals surface area contributed by atoms with E-state index in [4.69, 9.17) is 27.9 Å². The lowest BCUT2D eigenvalue weighted by Gasteiger charge is -2.07. The van der Waals surface area contributed by atoms with Gasteiger partial charge in [0.2, 0.25) is 0 Å². The maximum Gasteiger partial charge on any atom is 0.252 e. The molecular formula is C22H18Cl2N2O2S. The molecule has 1 aromatic heterocycles. The molecule has 0 radical (unpaired) electrons. The van der Waals surface area contributed by atoms with Crippen LogP contribution in [0.3, 0.4) is 0 Å². The second kappa shape index (κ2) is 8.67. The maximum absolute atomic E-state index is 12.8. The predicted octanol–water partition coefficient (Wildman–Crippen LogP) is 5.48. The molecule has 29 heavy (non-hydrogen) atoms. The van der Waals surface area contributed by atoms with Gasteiger partial charge in [0.15, 0.2) is 4.80 Å². The number of thiazole rings is 1. The molecule has 148 valence electrons. The molecule has 1 amide bonds. The van der Waals surface area contributed by atoms with Crippen molar-refractivity contribution >= 4 is 61.4 Å². The first kappa shape index (κ1) is 20.1. The van der Waals surface area contributed by atoms with Crippen LogP contribution in [0.25, 0.3) is 21.0 Å². The van der Waals surface area contributed by atoms with Crippen molar-refractivity contribution in [1.29, 1.82) is 0 Å². The number of hydrogen-bond acceptors (Lipinski definition) is 3. The fourth-order valence-corrected chi connectivity index (χ4v) is 4.89. The number of carbonyl (C=O) groups excluding carboxylic acids is 1. The van der Waals surface area contributed by atoms with E-state index in [0.717, 1.165) is 26.6 Å². The van der Waals surface area contributed by atoms with E-state index in [-0.39, 0.29) is 12.3 Å². The molecule has 0 saturated carbocycles. The molecule has 0 atom stereocenters. The van der Waals surface area contributed by atoms with E-state index in [1.807, 2.05) is 53.1 Å². The Kier molecular flexibility index (Phi) is 6.01. The third-order valence-corrected chi connectivity index (χ3v) is 6.53. The molecule has 3 aromatic carbocycles. The molecule has 4 aromatic rings. The molecule has 4 rings (SSSR count). The Morgan fingerprint density at radius 2 is 1.90 bits per heavy atom. The van der Waals surface area contributed by atoms with Gasteiger partial charge in [-0.2, -0.15) is 4.99 Å². The number of amides is 1. The topological polar surface area (TPSA) is 43.6 Å². The highest BCUT2D eigenvalue weighted by molar-refractivity contribution is 7.16. The lowest BCUT2D eigenvalue weighted by atomic mass is 10.0. The molecular weight excluding hydrogens is 427 g/mol. The number of ether oxygens (including phenoxy) is 1. The summed E-state index contributed by atoms with van der Waals surface area (Å²) >= 11 is 14.1. The Bertz CT molecular complexity index is 1270. The summed E-state index contributed by atoms with van der Waals surface area (Å²) in [6.45, 7) is 0.996. The molecule has 0 fully saturated rings. The first-order chi connectivity index (χ1) is 14.1. The third kappa shape index (κ3) is 4.09. The van der Waals surface area contributed by atoms with Gasteiger partial charge >= 0.3 is 0 Å². The smallest absolute Gasteiger partial charge is 0.252 e. The highest BCUT2D eigenvalue weighted by Gasteiger charge is 2.14. The van der Waals surface area contributed by atoms with Crippen LogP contribution >= 0.6 is 34.5 Å². The Labute approximate surface area is 182 Å². The standard InChI is InChI=1S/C22H18Cl2N2O2S/c1-28-12-11-26-21-18(10-9-17(23)20(21)24)29-22(26)25-19(27)13-15-7-4-6-14-5-2-3-8-16(14)15/h2-10H,11-13H2,1H3. The van der Waals surface area contributed by atoms with E-state index < -0.39 is 0 Å². The van der Waals surface area contributed by atoms with Gasteiger partial charge in [0.25, 0.3) is 5.91 Å². The molecule has 0 aliphatic heterocycles. The normalized spacial score (nSPS) is 12.2. The molecule has 0 bridgehead atoms. The summed E-state index contributed by atoms with van der Waals surface area (Å²) in [5.74, 6) is -0.207. The predicted molar refractivity (Wildman–Crippen MR) is 120 cm³/mol. The number of aromatic nitrogens is 1. The van der Waals surface area contributed by atoms with E-state index >= 15 is 0 Å². The van der Waals surface area contributed by atoms with Gasteiger partial charge in [0, 0.05) is 13.7 Å². The lowest BCUT2D eigenvalue weighted by Crippen LogP contribution is -2.20. The Hall–Kier alpha value is -2.18. The average molecular weight is 445 g/mol. The molecule has 7 heteroatoms. The van der Waals surface area contributed by atoms with Crippen LogP contribution in [-0.2, 0) is 22.5 Å². The van der Waals surface area contributed by atoms with Crippen LogP contribution in [0.4, 0.5) is 0 Å². The number of rotatable bonds is 5. The zero-order valence-electron chi connectivity index (χ0n) is 15.7. The summed E-state index contributed by atoms with van der Waals surface area (Å²) in [5, 5.41) is 3.10. The van der Waals surface area contributed by atoms with Crippen molar-refractivity contribution in [3.63, 3.8) is 0 Å². The van der Waals surface area contributed by atoms with Gasteiger partial charge in [-0.25, -0.2) is 0 Å². The van der Waals surface area contributed by atoms with E-state index in [1.54, 1.807) is 13.2 Å². The van der Waals surface area contributed by atoms with Crippen LogP contribution in [0.15, 0.2) is 59.6 Å². The average Bonchev–Trinajstić information content (AvgIpc) is 3.07. The summed E-state index contributed by atoms with van der Waals surface area (Å²) in [5.41, 5.74) is 1.74. The highest BCUT2D eigenvalue weighted by atomic mass is 35.5. The first-order valence-corrected chi connectivity index (χ1v) is 10.7. The van der Waals surface area contributed by atoms with Gasteiger partial charge in [0.1, 0.15) is 0 Å². The second-order valence-electron chi connectivity index (χ2n) is 6.56. The molecule has 0 saturated heterocycles.